The lowest BCUT2D eigenvalue weighted by molar-refractivity contribution is -0.138. The first-order valence-corrected chi connectivity index (χ1v) is 7.03. The van der Waals surface area contributed by atoms with Crippen molar-refractivity contribution in [2.75, 3.05) is 19.0 Å². The molecule has 0 aromatic heterocycles. The van der Waals surface area contributed by atoms with Gasteiger partial charge in [0, 0.05) is 19.8 Å². The first kappa shape index (κ1) is 15.1. The van der Waals surface area contributed by atoms with Crippen molar-refractivity contribution in [1.82, 2.24) is 0 Å². The summed E-state index contributed by atoms with van der Waals surface area (Å²) in [7, 11) is 3.91. The molecule has 0 spiro atoms. The summed E-state index contributed by atoms with van der Waals surface area (Å²) in [5, 5.41) is 9.59. The van der Waals surface area contributed by atoms with E-state index in [-0.39, 0.29) is 0 Å². The maximum Gasteiger partial charge on any atom is 0.311 e. The molecule has 0 aliphatic carbocycles. The molecule has 110 valence electrons. The number of aliphatic carboxylic acids is 1. The summed E-state index contributed by atoms with van der Waals surface area (Å²) < 4.78 is 0. The number of carbonyl (C=O) groups is 1. The molecule has 0 saturated carbocycles. The molecule has 0 heterocycles. The molecule has 3 nitrogen and oxygen atoms in total. The number of anilines is 1. The van der Waals surface area contributed by atoms with Crippen LogP contribution in [-0.2, 0) is 11.2 Å². The molecule has 3 heteroatoms. The Kier molecular flexibility index (Phi) is 4.63. The lowest BCUT2D eigenvalue weighted by Gasteiger charge is -2.18. The van der Waals surface area contributed by atoms with Gasteiger partial charge in [0.25, 0.3) is 0 Å². The molecule has 0 aliphatic rings. The van der Waals surface area contributed by atoms with E-state index in [1.54, 1.807) is 0 Å². The molecule has 0 fully saturated rings. The molecule has 0 saturated heterocycles. The third-order valence-electron chi connectivity index (χ3n) is 3.77. The van der Waals surface area contributed by atoms with Crippen LogP contribution in [0.15, 0.2) is 48.5 Å². The third kappa shape index (κ3) is 3.63. The highest BCUT2D eigenvalue weighted by Gasteiger charge is 2.21. The van der Waals surface area contributed by atoms with Crippen molar-refractivity contribution in [3.63, 3.8) is 0 Å². The second kappa shape index (κ2) is 6.44. The molecular weight excluding hydrogens is 262 g/mol. The Bertz CT molecular complexity index is 635. The lowest BCUT2D eigenvalue weighted by atomic mass is 9.90. The van der Waals surface area contributed by atoms with Gasteiger partial charge in [-0.15, -0.1) is 0 Å². The number of benzene rings is 2. The molecular formula is C18H21NO2. The quantitative estimate of drug-likeness (QED) is 0.913. The van der Waals surface area contributed by atoms with Crippen LogP contribution in [0.4, 0.5) is 5.69 Å². The zero-order chi connectivity index (χ0) is 15.4. The van der Waals surface area contributed by atoms with Crippen LogP contribution in [0, 0.1) is 6.92 Å². The van der Waals surface area contributed by atoms with Crippen molar-refractivity contribution in [2.24, 2.45) is 0 Å². The van der Waals surface area contributed by atoms with Gasteiger partial charge in [0.05, 0.1) is 5.92 Å². The van der Waals surface area contributed by atoms with E-state index < -0.39 is 11.9 Å². The summed E-state index contributed by atoms with van der Waals surface area (Å²) in [4.78, 5) is 13.7. The average Bonchev–Trinajstić information content (AvgIpc) is 2.46. The number of hydrogen-bond acceptors (Lipinski definition) is 2. The number of hydrogen-bond donors (Lipinski definition) is 1. The minimum absolute atomic E-state index is 0.513. The van der Waals surface area contributed by atoms with Crippen LogP contribution in [0.25, 0.3) is 0 Å². The normalized spacial score (nSPS) is 12.0. The molecule has 2 aromatic rings. The van der Waals surface area contributed by atoms with E-state index >= 15 is 0 Å². The molecule has 1 atom stereocenters. The van der Waals surface area contributed by atoms with Crippen LogP contribution in [0.5, 0.6) is 0 Å². The molecule has 0 aliphatic heterocycles. The van der Waals surface area contributed by atoms with E-state index in [2.05, 4.69) is 0 Å². The van der Waals surface area contributed by atoms with Crippen molar-refractivity contribution in [3.8, 4) is 0 Å². The number of aryl methyl sites for hydroxylation is 1. The van der Waals surface area contributed by atoms with Gasteiger partial charge in [0.2, 0.25) is 0 Å². The summed E-state index contributed by atoms with van der Waals surface area (Å²) >= 11 is 0. The van der Waals surface area contributed by atoms with Crippen LogP contribution in [0.2, 0.25) is 0 Å². The van der Waals surface area contributed by atoms with Crippen LogP contribution in [-0.4, -0.2) is 25.2 Å². The van der Waals surface area contributed by atoms with Gasteiger partial charge in [-0.2, -0.15) is 0 Å². The highest BCUT2D eigenvalue weighted by molar-refractivity contribution is 5.77. The average molecular weight is 283 g/mol. The Morgan fingerprint density at radius 2 is 1.86 bits per heavy atom. The predicted octanol–water partition coefficient (Wildman–Crippen LogP) is 3.47. The van der Waals surface area contributed by atoms with E-state index in [9.17, 15) is 9.90 Å². The Morgan fingerprint density at radius 3 is 2.48 bits per heavy atom. The highest BCUT2D eigenvalue weighted by Crippen LogP contribution is 2.26. The van der Waals surface area contributed by atoms with E-state index in [0.717, 1.165) is 22.4 Å². The van der Waals surface area contributed by atoms with Gasteiger partial charge in [0.15, 0.2) is 0 Å². The Labute approximate surface area is 125 Å². The molecule has 2 aromatic carbocycles. The second-order valence-corrected chi connectivity index (χ2v) is 5.51. The van der Waals surface area contributed by atoms with E-state index in [4.69, 9.17) is 0 Å². The fourth-order valence-corrected chi connectivity index (χ4v) is 2.43. The van der Waals surface area contributed by atoms with Crippen molar-refractivity contribution >= 4 is 11.7 Å². The second-order valence-electron chi connectivity index (χ2n) is 5.51. The Balaban J connectivity index is 2.34. The number of carboxylic acid groups (broad SMARTS) is 1. The smallest absolute Gasteiger partial charge is 0.311 e. The number of rotatable bonds is 5. The van der Waals surface area contributed by atoms with Crippen molar-refractivity contribution in [2.45, 2.75) is 19.3 Å². The topological polar surface area (TPSA) is 40.5 Å². The zero-order valence-corrected chi connectivity index (χ0v) is 12.7. The molecule has 2 rings (SSSR count). The monoisotopic (exact) mass is 283 g/mol. The lowest BCUT2D eigenvalue weighted by Crippen LogP contribution is -2.16. The van der Waals surface area contributed by atoms with Crippen LogP contribution in [0.3, 0.4) is 0 Å². The van der Waals surface area contributed by atoms with Crippen LogP contribution < -0.4 is 4.90 Å². The molecule has 0 amide bonds. The van der Waals surface area contributed by atoms with E-state index in [1.165, 1.54) is 0 Å². The summed E-state index contributed by atoms with van der Waals surface area (Å²) in [6.07, 6.45) is 0.513. The van der Waals surface area contributed by atoms with Gasteiger partial charge in [-0.05, 0) is 42.2 Å². The maximum atomic E-state index is 11.7. The Hall–Kier alpha value is -2.29. The molecule has 1 N–H and O–H groups in total. The fourth-order valence-electron chi connectivity index (χ4n) is 2.43. The van der Waals surface area contributed by atoms with Gasteiger partial charge >= 0.3 is 5.97 Å². The highest BCUT2D eigenvalue weighted by atomic mass is 16.4. The van der Waals surface area contributed by atoms with Crippen molar-refractivity contribution in [3.05, 3.63) is 65.2 Å². The first-order valence-electron chi connectivity index (χ1n) is 7.03. The summed E-state index contributed by atoms with van der Waals surface area (Å²) in [5.41, 5.74) is 4.08. The van der Waals surface area contributed by atoms with Crippen LogP contribution in [0.1, 0.15) is 22.6 Å². The van der Waals surface area contributed by atoms with Gasteiger partial charge in [-0.3, -0.25) is 4.79 Å². The third-order valence-corrected chi connectivity index (χ3v) is 3.77. The minimum Gasteiger partial charge on any atom is -0.481 e. The summed E-state index contributed by atoms with van der Waals surface area (Å²) in [6.45, 7) is 2.02. The first-order chi connectivity index (χ1) is 9.99. The minimum atomic E-state index is -0.783. The van der Waals surface area contributed by atoms with Crippen molar-refractivity contribution in [1.29, 1.82) is 0 Å². The maximum absolute atomic E-state index is 11.7. The molecule has 21 heavy (non-hydrogen) atoms. The van der Waals surface area contributed by atoms with Gasteiger partial charge in [-0.1, -0.05) is 36.4 Å². The SMILES string of the molecule is Cc1ccccc1CC(C(=O)O)c1cccc(N(C)C)c1. The van der Waals surface area contributed by atoms with Crippen LogP contribution >= 0.6 is 0 Å². The summed E-state index contributed by atoms with van der Waals surface area (Å²) in [6, 6.07) is 15.7. The largest absolute Gasteiger partial charge is 0.481 e. The molecule has 0 radical (unpaired) electrons. The van der Waals surface area contributed by atoms with E-state index in [1.807, 2.05) is 74.4 Å². The summed E-state index contributed by atoms with van der Waals surface area (Å²) in [5.74, 6) is -1.31. The van der Waals surface area contributed by atoms with Gasteiger partial charge in [-0.25, -0.2) is 0 Å². The molecule has 0 bridgehead atoms. The standard InChI is InChI=1S/C18H21NO2/c1-13-7-4-5-8-14(13)12-17(18(20)21)15-9-6-10-16(11-15)19(2)3/h4-11,17H,12H2,1-3H3,(H,20,21). The fraction of sp³-hybridized carbons (Fsp3) is 0.278. The molecule has 1 unspecified atom stereocenters. The number of carboxylic acids is 1. The zero-order valence-electron chi connectivity index (χ0n) is 12.7. The van der Waals surface area contributed by atoms with Gasteiger partial charge < -0.3 is 10.0 Å². The van der Waals surface area contributed by atoms with Crippen molar-refractivity contribution < 1.29 is 9.90 Å². The number of nitrogens with zero attached hydrogens (tertiary/aromatic N) is 1. The predicted molar refractivity (Wildman–Crippen MR) is 86.0 cm³/mol. The van der Waals surface area contributed by atoms with E-state index in [0.29, 0.717) is 6.42 Å². The Morgan fingerprint density at radius 1 is 1.14 bits per heavy atom. The van der Waals surface area contributed by atoms with Gasteiger partial charge in [0.1, 0.15) is 0 Å².